The van der Waals surface area contributed by atoms with E-state index >= 15 is 0 Å². The minimum atomic E-state index is -0.855. The molecule has 0 aromatic heterocycles. The average molecular weight is 436 g/mol. The Morgan fingerprint density at radius 2 is 1.84 bits per heavy atom. The minimum Gasteiger partial charge on any atom is -0.480 e. The quantitative estimate of drug-likeness (QED) is 0.486. The zero-order chi connectivity index (χ0) is 23.3. The number of hydrogen-bond donors (Lipinski definition) is 0. The van der Waals surface area contributed by atoms with Crippen LogP contribution < -0.4 is 9.64 Å². The van der Waals surface area contributed by atoms with Crippen LogP contribution >= 0.6 is 0 Å². The lowest BCUT2D eigenvalue weighted by Gasteiger charge is -2.34. The Hall–Kier alpha value is -2.62. The second kappa shape index (κ2) is 10.3. The van der Waals surface area contributed by atoms with Crippen molar-refractivity contribution in [1.29, 1.82) is 0 Å². The second-order valence-corrected chi connectivity index (χ2v) is 9.81. The predicted molar refractivity (Wildman–Crippen MR) is 131 cm³/mol. The topological polar surface area (TPSA) is 46.6 Å². The van der Waals surface area contributed by atoms with Crippen LogP contribution in [0.25, 0.3) is 0 Å². The molecular formula is C28H37NO3. The molecule has 3 rings (SSSR count). The summed E-state index contributed by atoms with van der Waals surface area (Å²) in [5, 5.41) is 0. The number of Topliss-reactive ketones (excluding diaryl/α,β-unsaturated/α-hetero) is 2. The fourth-order valence-electron chi connectivity index (χ4n) is 4.13. The maximum absolute atomic E-state index is 13.0. The van der Waals surface area contributed by atoms with Crippen LogP contribution in [0.2, 0.25) is 0 Å². The molecule has 1 unspecified atom stereocenters. The summed E-state index contributed by atoms with van der Waals surface area (Å²) in [4.78, 5) is 27.1. The smallest absolute Gasteiger partial charge is 0.172 e. The van der Waals surface area contributed by atoms with Gasteiger partial charge in [-0.3, -0.25) is 9.59 Å². The molecule has 2 aromatic rings. The molecule has 4 nitrogen and oxygen atoms in total. The lowest BCUT2D eigenvalue weighted by molar-refractivity contribution is -0.129. The molecule has 0 bridgehead atoms. The van der Waals surface area contributed by atoms with Gasteiger partial charge >= 0.3 is 0 Å². The Balaban J connectivity index is 1.59. The number of rotatable bonds is 9. The van der Waals surface area contributed by atoms with E-state index < -0.39 is 5.60 Å². The third kappa shape index (κ3) is 6.21. The summed E-state index contributed by atoms with van der Waals surface area (Å²) < 4.78 is 5.94. The Morgan fingerprint density at radius 3 is 2.50 bits per heavy atom. The zero-order valence-electron chi connectivity index (χ0n) is 20.2. The third-order valence-electron chi connectivity index (χ3n) is 6.59. The molecule has 2 aromatic carbocycles. The van der Waals surface area contributed by atoms with Gasteiger partial charge in [-0.15, -0.1) is 0 Å². The molecule has 4 heteroatoms. The number of hydrogen-bond acceptors (Lipinski definition) is 4. The van der Waals surface area contributed by atoms with Gasteiger partial charge in [-0.1, -0.05) is 44.2 Å². The van der Waals surface area contributed by atoms with E-state index in [0.29, 0.717) is 23.9 Å². The molecule has 0 amide bonds. The van der Waals surface area contributed by atoms with Gasteiger partial charge in [0.1, 0.15) is 11.5 Å². The molecule has 32 heavy (non-hydrogen) atoms. The lowest BCUT2D eigenvalue weighted by atomic mass is 9.90. The van der Waals surface area contributed by atoms with Gasteiger partial charge in [-0.2, -0.15) is 0 Å². The monoisotopic (exact) mass is 435 g/mol. The van der Waals surface area contributed by atoms with E-state index in [2.05, 4.69) is 49.1 Å². The number of ketones is 2. The van der Waals surface area contributed by atoms with Crippen LogP contribution in [-0.4, -0.2) is 30.3 Å². The molecular weight excluding hydrogens is 398 g/mol. The first-order valence-electron chi connectivity index (χ1n) is 11.8. The molecule has 1 heterocycles. The average Bonchev–Trinajstić information content (AvgIpc) is 2.77. The fourth-order valence-corrected chi connectivity index (χ4v) is 4.13. The molecule has 1 atom stereocenters. The van der Waals surface area contributed by atoms with Crippen molar-refractivity contribution in [3.05, 3.63) is 59.7 Å². The Kier molecular flexibility index (Phi) is 7.76. The van der Waals surface area contributed by atoms with E-state index in [0.717, 1.165) is 38.0 Å². The first-order valence-corrected chi connectivity index (χ1v) is 11.8. The highest BCUT2D eigenvalue weighted by atomic mass is 16.5. The number of anilines is 1. The van der Waals surface area contributed by atoms with Crippen molar-refractivity contribution in [2.75, 3.05) is 18.0 Å². The van der Waals surface area contributed by atoms with Gasteiger partial charge < -0.3 is 9.64 Å². The summed E-state index contributed by atoms with van der Waals surface area (Å²) in [6.07, 6.45) is 3.35. The summed E-state index contributed by atoms with van der Waals surface area (Å²) in [6.45, 7) is 11.2. The van der Waals surface area contributed by atoms with Gasteiger partial charge in [0.15, 0.2) is 11.4 Å². The maximum Gasteiger partial charge on any atom is 0.172 e. The summed E-state index contributed by atoms with van der Waals surface area (Å²) in [5.41, 5.74) is 2.75. The predicted octanol–water partition coefficient (Wildman–Crippen LogP) is 5.97. The number of piperidine rings is 1. The highest BCUT2D eigenvalue weighted by molar-refractivity contribution is 5.84. The SMILES string of the molecule is CC(=O)C(C)(C)Oc1cccc(N2CCCC(C(=O)CCc3ccc(C(C)C)cc3)C2)c1. The molecule has 1 fully saturated rings. The van der Waals surface area contributed by atoms with Gasteiger partial charge in [-0.05, 0) is 69.2 Å². The van der Waals surface area contributed by atoms with Crippen molar-refractivity contribution in [2.24, 2.45) is 5.92 Å². The molecule has 1 saturated heterocycles. The van der Waals surface area contributed by atoms with Gasteiger partial charge in [0.25, 0.3) is 0 Å². The van der Waals surface area contributed by atoms with Crippen molar-refractivity contribution in [1.82, 2.24) is 0 Å². The Bertz CT molecular complexity index is 930. The van der Waals surface area contributed by atoms with Crippen molar-refractivity contribution in [3.63, 3.8) is 0 Å². The molecule has 172 valence electrons. The first kappa shape index (κ1) is 24.0. The van der Waals surface area contributed by atoms with Crippen molar-refractivity contribution in [3.8, 4) is 5.75 Å². The van der Waals surface area contributed by atoms with Gasteiger partial charge in [0.2, 0.25) is 0 Å². The van der Waals surface area contributed by atoms with E-state index in [1.54, 1.807) is 20.8 Å². The Morgan fingerprint density at radius 1 is 1.12 bits per heavy atom. The van der Waals surface area contributed by atoms with Crippen molar-refractivity contribution < 1.29 is 14.3 Å². The normalized spacial score (nSPS) is 16.8. The van der Waals surface area contributed by atoms with E-state index in [4.69, 9.17) is 4.74 Å². The number of ether oxygens (including phenoxy) is 1. The minimum absolute atomic E-state index is 0.00891. The summed E-state index contributed by atoms with van der Waals surface area (Å²) in [7, 11) is 0. The maximum atomic E-state index is 13.0. The van der Waals surface area contributed by atoms with Crippen LogP contribution in [-0.2, 0) is 16.0 Å². The molecule has 1 aliphatic rings. The van der Waals surface area contributed by atoms with Gasteiger partial charge in [-0.25, -0.2) is 0 Å². The van der Waals surface area contributed by atoms with Crippen LogP contribution in [0.1, 0.15) is 70.9 Å². The molecule has 0 radical (unpaired) electrons. The lowest BCUT2D eigenvalue weighted by Crippen LogP contribution is -2.39. The number of aryl methyl sites for hydroxylation is 1. The van der Waals surface area contributed by atoms with Gasteiger partial charge in [0, 0.05) is 37.2 Å². The van der Waals surface area contributed by atoms with Crippen molar-refractivity contribution >= 4 is 17.3 Å². The molecule has 0 saturated carbocycles. The summed E-state index contributed by atoms with van der Waals surface area (Å²) in [5.74, 6) is 1.62. The highest BCUT2D eigenvalue weighted by Gasteiger charge is 2.28. The van der Waals surface area contributed by atoms with Gasteiger partial charge in [0.05, 0.1) is 0 Å². The zero-order valence-corrected chi connectivity index (χ0v) is 20.2. The second-order valence-electron chi connectivity index (χ2n) is 9.81. The van der Waals surface area contributed by atoms with Crippen LogP contribution in [0, 0.1) is 5.92 Å². The highest BCUT2D eigenvalue weighted by Crippen LogP contribution is 2.29. The Labute approximate surface area is 193 Å². The van der Waals surface area contributed by atoms with E-state index in [-0.39, 0.29) is 11.7 Å². The molecule has 0 spiro atoms. The van der Waals surface area contributed by atoms with E-state index in [1.165, 1.54) is 11.1 Å². The number of carbonyl (C=O) groups excluding carboxylic acids is 2. The molecule has 0 N–H and O–H groups in total. The number of nitrogens with zero attached hydrogens (tertiary/aromatic N) is 1. The van der Waals surface area contributed by atoms with Crippen molar-refractivity contribution in [2.45, 2.75) is 71.8 Å². The van der Waals surface area contributed by atoms with Crippen LogP contribution in [0.5, 0.6) is 5.75 Å². The standard InChI is InChI=1S/C28H37NO3/c1-20(2)23-14-11-22(12-15-23)13-16-27(31)24-8-7-17-29(19-24)25-9-6-10-26(18-25)32-28(4,5)21(3)30/h6,9-12,14-15,18,20,24H,7-8,13,16-17,19H2,1-5H3. The van der Waals surface area contributed by atoms with E-state index in [9.17, 15) is 9.59 Å². The fraction of sp³-hybridized carbons (Fsp3) is 0.500. The van der Waals surface area contributed by atoms with Crippen LogP contribution in [0.3, 0.4) is 0 Å². The number of benzene rings is 2. The van der Waals surface area contributed by atoms with Crippen LogP contribution in [0.4, 0.5) is 5.69 Å². The summed E-state index contributed by atoms with van der Waals surface area (Å²) in [6, 6.07) is 16.5. The third-order valence-corrected chi connectivity index (χ3v) is 6.59. The van der Waals surface area contributed by atoms with Crippen LogP contribution in [0.15, 0.2) is 48.5 Å². The first-order chi connectivity index (χ1) is 15.2. The number of carbonyl (C=O) groups is 2. The molecule has 1 aliphatic heterocycles. The summed E-state index contributed by atoms with van der Waals surface area (Å²) >= 11 is 0. The molecule has 0 aliphatic carbocycles. The largest absolute Gasteiger partial charge is 0.480 e. The van der Waals surface area contributed by atoms with E-state index in [1.807, 2.05) is 18.2 Å².